The molecule has 2 aromatic rings. The second kappa shape index (κ2) is 8.19. The van der Waals surface area contributed by atoms with E-state index < -0.39 is 0 Å². The largest absolute Gasteiger partial charge is 0.481 e. The average molecular weight is 291 g/mol. The number of methoxy groups -OCH3 is 1. The number of halogens is 1. The molecule has 0 aliphatic carbocycles. The molecule has 0 radical (unpaired) electrons. The smallest absolute Gasteiger partial charge is 0.218 e. The summed E-state index contributed by atoms with van der Waals surface area (Å²) in [7, 11) is 1.51. The molecule has 21 heavy (non-hydrogen) atoms. The Balaban J connectivity index is 0.00000106. The van der Waals surface area contributed by atoms with Gasteiger partial charge in [0.25, 0.3) is 0 Å². The molecule has 0 unspecified atom stereocenters. The van der Waals surface area contributed by atoms with Gasteiger partial charge in [-0.2, -0.15) is 0 Å². The van der Waals surface area contributed by atoms with Crippen LogP contribution in [0.25, 0.3) is 0 Å². The van der Waals surface area contributed by atoms with Crippen LogP contribution in [0.1, 0.15) is 30.7 Å². The van der Waals surface area contributed by atoms with Gasteiger partial charge in [0.2, 0.25) is 5.88 Å². The molecular weight excluding hydrogens is 269 g/mol. The van der Waals surface area contributed by atoms with Gasteiger partial charge in [-0.25, -0.2) is 14.4 Å². The van der Waals surface area contributed by atoms with Crippen molar-refractivity contribution in [2.45, 2.75) is 34.2 Å². The Morgan fingerprint density at radius 3 is 2.57 bits per heavy atom. The summed E-state index contributed by atoms with van der Waals surface area (Å²) in [5, 5.41) is 3.13. The van der Waals surface area contributed by atoms with Gasteiger partial charge in [0.15, 0.2) is 0 Å². The van der Waals surface area contributed by atoms with Crippen LogP contribution in [0.2, 0.25) is 0 Å². The van der Waals surface area contributed by atoms with Gasteiger partial charge in [0.05, 0.1) is 13.3 Å². The van der Waals surface area contributed by atoms with Gasteiger partial charge in [0.1, 0.15) is 11.6 Å². The predicted molar refractivity (Wildman–Crippen MR) is 83.1 cm³/mol. The van der Waals surface area contributed by atoms with Gasteiger partial charge < -0.3 is 10.1 Å². The fourth-order valence-electron chi connectivity index (χ4n) is 1.69. The van der Waals surface area contributed by atoms with Crippen molar-refractivity contribution in [2.24, 2.45) is 0 Å². The highest BCUT2D eigenvalue weighted by Crippen LogP contribution is 2.17. The first kappa shape index (κ1) is 16.9. The molecule has 0 fully saturated rings. The van der Waals surface area contributed by atoms with E-state index in [2.05, 4.69) is 15.3 Å². The molecule has 0 aliphatic heterocycles. The van der Waals surface area contributed by atoms with Crippen LogP contribution in [0.3, 0.4) is 0 Å². The van der Waals surface area contributed by atoms with Crippen LogP contribution in [0.5, 0.6) is 5.88 Å². The lowest BCUT2D eigenvalue weighted by Crippen LogP contribution is -2.05. The van der Waals surface area contributed by atoms with Gasteiger partial charge in [-0.05, 0) is 31.5 Å². The van der Waals surface area contributed by atoms with E-state index in [9.17, 15) is 4.39 Å². The van der Waals surface area contributed by atoms with Crippen LogP contribution >= 0.6 is 0 Å². The van der Waals surface area contributed by atoms with Crippen LogP contribution in [0.4, 0.5) is 10.2 Å². The van der Waals surface area contributed by atoms with E-state index in [1.54, 1.807) is 0 Å². The van der Waals surface area contributed by atoms with E-state index in [-0.39, 0.29) is 5.82 Å². The zero-order chi connectivity index (χ0) is 15.8. The van der Waals surface area contributed by atoms with Crippen LogP contribution < -0.4 is 10.1 Å². The number of aromatic nitrogens is 2. The van der Waals surface area contributed by atoms with Crippen molar-refractivity contribution in [3.8, 4) is 5.88 Å². The third-order valence-electron chi connectivity index (χ3n) is 2.90. The van der Waals surface area contributed by atoms with Crippen LogP contribution in [-0.2, 0) is 6.54 Å². The number of hydrogen-bond acceptors (Lipinski definition) is 4. The molecule has 0 aliphatic rings. The lowest BCUT2D eigenvalue weighted by Gasteiger charge is -2.10. The minimum Gasteiger partial charge on any atom is -0.481 e. The minimum atomic E-state index is -0.384. The number of pyridine rings is 2. The number of rotatable bonds is 4. The maximum Gasteiger partial charge on any atom is 0.218 e. The first-order valence-corrected chi connectivity index (χ1v) is 6.96. The number of ether oxygens (including phenoxy) is 1. The molecule has 4 nitrogen and oxygen atoms in total. The summed E-state index contributed by atoms with van der Waals surface area (Å²) in [6.45, 7) is 8.36. The third-order valence-corrected chi connectivity index (χ3v) is 2.90. The molecular formula is C16H22FN3O. The number of aryl methyl sites for hydroxylation is 2. The quantitative estimate of drug-likeness (QED) is 0.928. The molecule has 0 bridgehead atoms. The fraction of sp³-hybridized carbons (Fsp3) is 0.375. The molecule has 2 aromatic heterocycles. The standard InChI is InChI=1S/C14H16FN3O.C2H6/c1-9-4-5-13(18-10(9)2)16-7-11-6-12(15)8-17-14(11)19-3;1-2/h4-6,8H,7H2,1-3H3,(H,16,18);1-2H3. The predicted octanol–water partition coefficient (Wildman–Crippen LogP) is 3.88. The Kier molecular flexibility index (Phi) is 6.59. The minimum absolute atomic E-state index is 0.384. The Labute approximate surface area is 125 Å². The summed E-state index contributed by atoms with van der Waals surface area (Å²) in [6, 6.07) is 5.28. The Morgan fingerprint density at radius 2 is 1.95 bits per heavy atom. The lowest BCUT2D eigenvalue weighted by atomic mass is 10.2. The van der Waals surface area contributed by atoms with Crippen LogP contribution in [0.15, 0.2) is 24.4 Å². The molecule has 5 heteroatoms. The van der Waals surface area contributed by atoms with Gasteiger partial charge in [-0.3, -0.25) is 0 Å². The molecule has 0 atom stereocenters. The van der Waals surface area contributed by atoms with Gasteiger partial charge in [0, 0.05) is 17.8 Å². The molecule has 0 saturated heterocycles. The SMILES string of the molecule is CC.COc1ncc(F)cc1CNc1ccc(C)c(C)n1. The third kappa shape index (κ3) is 4.70. The first-order valence-electron chi connectivity index (χ1n) is 6.96. The molecule has 0 amide bonds. The molecule has 2 rings (SSSR count). The Hall–Kier alpha value is -2.17. The molecule has 0 aromatic carbocycles. The number of nitrogens with zero attached hydrogens (tertiary/aromatic N) is 2. The van der Waals surface area contributed by atoms with E-state index in [1.165, 1.54) is 13.2 Å². The van der Waals surface area contributed by atoms with E-state index in [4.69, 9.17) is 4.74 Å². The van der Waals surface area contributed by atoms with E-state index in [0.717, 1.165) is 23.3 Å². The van der Waals surface area contributed by atoms with Gasteiger partial charge in [-0.15, -0.1) is 0 Å². The molecule has 1 N–H and O–H groups in total. The monoisotopic (exact) mass is 291 g/mol. The molecule has 2 heterocycles. The Morgan fingerprint density at radius 1 is 1.24 bits per heavy atom. The number of nitrogens with one attached hydrogen (secondary N) is 1. The van der Waals surface area contributed by atoms with Gasteiger partial charge >= 0.3 is 0 Å². The molecule has 0 spiro atoms. The highest BCUT2D eigenvalue weighted by atomic mass is 19.1. The topological polar surface area (TPSA) is 47.0 Å². The van der Waals surface area contributed by atoms with Gasteiger partial charge in [-0.1, -0.05) is 19.9 Å². The Bertz CT molecular complexity index is 588. The summed E-state index contributed by atoms with van der Waals surface area (Å²) in [5.74, 6) is 0.776. The summed E-state index contributed by atoms with van der Waals surface area (Å²) < 4.78 is 18.3. The lowest BCUT2D eigenvalue weighted by molar-refractivity contribution is 0.391. The highest BCUT2D eigenvalue weighted by molar-refractivity contribution is 5.40. The maximum absolute atomic E-state index is 13.2. The number of anilines is 1. The normalized spacial score (nSPS) is 9.62. The summed E-state index contributed by atoms with van der Waals surface area (Å²) in [6.07, 6.45) is 1.14. The van der Waals surface area contributed by atoms with E-state index in [1.807, 2.05) is 39.8 Å². The summed E-state index contributed by atoms with van der Waals surface area (Å²) in [4.78, 5) is 8.28. The summed E-state index contributed by atoms with van der Waals surface area (Å²) in [5.41, 5.74) is 2.76. The first-order chi connectivity index (χ1) is 10.1. The fourth-order valence-corrected chi connectivity index (χ4v) is 1.69. The maximum atomic E-state index is 13.2. The van der Waals surface area contributed by atoms with Crippen molar-refractivity contribution in [1.82, 2.24) is 9.97 Å². The highest BCUT2D eigenvalue weighted by Gasteiger charge is 2.06. The molecule has 0 saturated carbocycles. The summed E-state index contributed by atoms with van der Waals surface area (Å²) >= 11 is 0. The van der Waals surface area contributed by atoms with Crippen molar-refractivity contribution in [1.29, 1.82) is 0 Å². The van der Waals surface area contributed by atoms with Crippen LogP contribution in [-0.4, -0.2) is 17.1 Å². The number of hydrogen-bond donors (Lipinski definition) is 1. The van der Waals surface area contributed by atoms with Crippen LogP contribution in [0, 0.1) is 19.7 Å². The van der Waals surface area contributed by atoms with Crippen molar-refractivity contribution < 1.29 is 9.13 Å². The van der Waals surface area contributed by atoms with E-state index in [0.29, 0.717) is 18.0 Å². The zero-order valence-electron chi connectivity index (χ0n) is 13.2. The van der Waals surface area contributed by atoms with Crippen molar-refractivity contribution in [2.75, 3.05) is 12.4 Å². The average Bonchev–Trinajstić information content (AvgIpc) is 2.50. The second-order valence-corrected chi connectivity index (χ2v) is 4.27. The second-order valence-electron chi connectivity index (χ2n) is 4.27. The zero-order valence-corrected chi connectivity index (χ0v) is 13.2. The van der Waals surface area contributed by atoms with Crippen molar-refractivity contribution in [3.05, 3.63) is 47.0 Å². The van der Waals surface area contributed by atoms with Crippen molar-refractivity contribution >= 4 is 5.82 Å². The van der Waals surface area contributed by atoms with E-state index >= 15 is 0 Å². The molecule has 114 valence electrons. The van der Waals surface area contributed by atoms with Crippen molar-refractivity contribution in [3.63, 3.8) is 0 Å².